The molecule has 1 aromatic heterocycles. The summed E-state index contributed by atoms with van der Waals surface area (Å²) in [7, 11) is 4.07. The third kappa shape index (κ3) is 3.23. The van der Waals surface area contributed by atoms with E-state index in [2.05, 4.69) is 14.9 Å². The lowest BCUT2D eigenvalue weighted by atomic mass is 10.2. The Morgan fingerprint density at radius 1 is 1.21 bits per heavy atom. The van der Waals surface area contributed by atoms with Crippen LogP contribution >= 0.6 is 0 Å². The molecule has 0 fully saturated rings. The molecule has 0 bridgehead atoms. The van der Waals surface area contributed by atoms with Crippen LogP contribution in [0.5, 0.6) is 5.75 Å². The van der Waals surface area contributed by atoms with Crippen LogP contribution in [0.15, 0.2) is 18.2 Å². The molecule has 0 aliphatic heterocycles. The Morgan fingerprint density at radius 3 is 2.74 bits per heavy atom. The first-order valence-electron chi connectivity index (χ1n) is 6.17. The van der Waals surface area contributed by atoms with Crippen LogP contribution in [-0.4, -0.2) is 42.1 Å². The molecule has 0 amide bonds. The number of aromatic nitrogens is 2. The number of hydrogen-bond donors (Lipinski definition) is 2. The normalized spacial score (nSPS) is 11.1. The maximum atomic E-state index is 5.89. The second kappa shape index (κ2) is 5.71. The summed E-state index contributed by atoms with van der Waals surface area (Å²) in [6.45, 7) is 1.60. The van der Waals surface area contributed by atoms with Crippen molar-refractivity contribution in [3.8, 4) is 5.75 Å². The molecule has 0 unspecified atom stereocenters. The summed E-state index contributed by atoms with van der Waals surface area (Å²) in [5.74, 6) is 1.23. The van der Waals surface area contributed by atoms with E-state index in [0.717, 1.165) is 18.4 Å². The number of nitrogen functional groups attached to an aromatic ring is 2. The van der Waals surface area contributed by atoms with Gasteiger partial charge in [0.1, 0.15) is 11.6 Å². The molecule has 2 rings (SSSR count). The van der Waals surface area contributed by atoms with E-state index in [4.69, 9.17) is 16.2 Å². The van der Waals surface area contributed by atoms with Crippen LogP contribution < -0.4 is 16.2 Å². The highest BCUT2D eigenvalue weighted by Crippen LogP contribution is 2.29. The van der Waals surface area contributed by atoms with Crippen molar-refractivity contribution in [2.24, 2.45) is 0 Å². The van der Waals surface area contributed by atoms with Crippen molar-refractivity contribution in [2.75, 3.05) is 38.7 Å². The van der Waals surface area contributed by atoms with Crippen molar-refractivity contribution >= 4 is 22.7 Å². The topological polar surface area (TPSA) is 90.3 Å². The molecule has 0 spiro atoms. The zero-order chi connectivity index (χ0) is 13.8. The van der Waals surface area contributed by atoms with Gasteiger partial charge in [-0.25, -0.2) is 4.98 Å². The van der Waals surface area contributed by atoms with Crippen molar-refractivity contribution in [3.63, 3.8) is 0 Å². The molecule has 0 radical (unpaired) electrons. The standard InChI is InChI=1S/C13H19N5O/c1-18(2)7-4-8-19-10-6-3-5-9-11(10)12(14)17-13(15)16-9/h3,5-6H,4,7-8H2,1-2H3,(H4,14,15,16,17). The van der Waals surface area contributed by atoms with Gasteiger partial charge in [0, 0.05) is 6.54 Å². The van der Waals surface area contributed by atoms with Gasteiger partial charge in [-0.2, -0.15) is 4.98 Å². The van der Waals surface area contributed by atoms with Crippen LogP contribution in [-0.2, 0) is 0 Å². The predicted octanol–water partition coefficient (Wildman–Crippen LogP) is 1.12. The van der Waals surface area contributed by atoms with E-state index in [9.17, 15) is 0 Å². The van der Waals surface area contributed by atoms with Gasteiger partial charge in [0.05, 0.1) is 17.5 Å². The van der Waals surface area contributed by atoms with Crippen molar-refractivity contribution in [3.05, 3.63) is 18.2 Å². The van der Waals surface area contributed by atoms with Gasteiger partial charge in [0.2, 0.25) is 5.95 Å². The minimum Gasteiger partial charge on any atom is -0.493 e. The largest absolute Gasteiger partial charge is 0.493 e. The Kier molecular flexibility index (Phi) is 4.01. The summed E-state index contributed by atoms with van der Waals surface area (Å²) in [6.07, 6.45) is 0.944. The lowest BCUT2D eigenvalue weighted by molar-refractivity contribution is 0.284. The fraction of sp³-hybridized carbons (Fsp3) is 0.385. The van der Waals surface area contributed by atoms with Crippen LogP contribution in [0.4, 0.5) is 11.8 Å². The van der Waals surface area contributed by atoms with Crippen molar-refractivity contribution in [1.29, 1.82) is 0 Å². The predicted molar refractivity (Wildman–Crippen MR) is 77.0 cm³/mol. The number of anilines is 2. The van der Waals surface area contributed by atoms with Crippen molar-refractivity contribution < 1.29 is 4.74 Å². The average molecular weight is 261 g/mol. The first-order valence-corrected chi connectivity index (χ1v) is 6.17. The van der Waals surface area contributed by atoms with E-state index in [1.54, 1.807) is 0 Å². The van der Waals surface area contributed by atoms with Crippen molar-refractivity contribution in [1.82, 2.24) is 14.9 Å². The number of benzene rings is 1. The van der Waals surface area contributed by atoms with E-state index in [1.165, 1.54) is 0 Å². The molecule has 2 aromatic rings. The van der Waals surface area contributed by atoms with Crippen LogP contribution in [0.3, 0.4) is 0 Å². The van der Waals surface area contributed by atoms with E-state index in [-0.39, 0.29) is 5.95 Å². The van der Waals surface area contributed by atoms with Crippen LogP contribution in [0.1, 0.15) is 6.42 Å². The third-order valence-corrected chi connectivity index (χ3v) is 2.74. The molecular formula is C13H19N5O. The molecule has 0 aliphatic rings. The van der Waals surface area contributed by atoms with E-state index in [1.807, 2.05) is 32.3 Å². The van der Waals surface area contributed by atoms with E-state index >= 15 is 0 Å². The second-order valence-electron chi connectivity index (χ2n) is 4.62. The Morgan fingerprint density at radius 2 is 2.00 bits per heavy atom. The van der Waals surface area contributed by atoms with Gasteiger partial charge in [-0.3, -0.25) is 0 Å². The van der Waals surface area contributed by atoms with E-state index < -0.39 is 0 Å². The highest BCUT2D eigenvalue weighted by Gasteiger charge is 2.09. The smallest absolute Gasteiger partial charge is 0.222 e. The molecule has 1 aromatic carbocycles. The van der Waals surface area contributed by atoms with Gasteiger partial charge in [-0.1, -0.05) is 6.07 Å². The minimum absolute atomic E-state index is 0.176. The number of nitrogens with zero attached hydrogens (tertiary/aromatic N) is 3. The average Bonchev–Trinajstić information content (AvgIpc) is 2.33. The van der Waals surface area contributed by atoms with Crippen molar-refractivity contribution in [2.45, 2.75) is 6.42 Å². The molecule has 6 heteroatoms. The summed E-state index contributed by atoms with van der Waals surface area (Å²) in [6, 6.07) is 5.58. The van der Waals surface area contributed by atoms with E-state index in [0.29, 0.717) is 23.7 Å². The van der Waals surface area contributed by atoms with Gasteiger partial charge >= 0.3 is 0 Å². The van der Waals surface area contributed by atoms with Crippen LogP contribution in [0.25, 0.3) is 10.9 Å². The zero-order valence-electron chi connectivity index (χ0n) is 11.3. The molecule has 19 heavy (non-hydrogen) atoms. The van der Waals surface area contributed by atoms with Gasteiger partial charge in [0.25, 0.3) is 0 Å². The molecule has 0 atom stereocenters. The summed E-state index contributed by atoms with van der Waals surface area (Å²) in [4.78, 5) is 10.2. The first kappa shape index (κ1) is 13.4. The van der Waals surface area contributed by atoms with Gasteiger partial charge in [-0.15, -0.1) is 0 Å². The quantitative estimate of drug-likeness (QED) is 0.784. The number of ether oxygens (including phenoxy) is 1. The van der Waals surface area contributed by atoms with Gasteiger partial charge in [-0.05, 0) is 32.6 Å². The van der Waals surface area contributed by atoms with Gasteiger partial charge in [0.15, 0.2) is 0 Å². The maximum absolute atomic E-state index is 5.89. The number of nitrogens with two attached hydrogens (primary N) is 2. The Labute approximate surface area is 112 Å². The molecule has 0 aliphatic carbocycles. The van der Waals surface area contributed by atoms with Crippen LogP contribution in [0.2, 0.25) is 0 Å². The Bertz CT molecular complexity index is 570. The fourth-order valence-electron chi connectivity index (χ4n) is 1.88. The molecule has 0 saturated carbocycles. The zero-order valence-corrected chi connectivity index (χ0v) is 11.3. The summed E-state index contributed by atoms with van der Waals surface area (Å²) < 4.78 is 5.76. The summed E-state index contributed by atoms with van der Waals surface area (Å²) in [5.41, 5.74) is 12.2. The minimum atomic E-state index is 0.176. The fourth-order valence-corrected chi connectivity index (χ4v) is 1.88. The molecule has 1 heterocycles. The molecule has 102 valence electrons. The SMILES string of the molecule is CN(C)CCCOc1cccc2nc(N)nc(N)c12. The maximum Gasteiger partial charge on any atom is 0.222 e. The molecule has 0 saturated heterocycles. The molecule has 4 N–H and O–H groups in total. The Balaban J connectivity index is 2.19. The number of hydrogen-bond acceptors (Lipinski definition) is 6. The number of rotatable bonds is 5. The Hall–Kier alpha value is -2.08. The lowest BCUT2D eigenvalue weighted by Gasteiger charge is -2.12. The second-order valence-corrected chi connectivity index (χ2v) is 4.62. The first-order chi connectivity index (χ1) is 9.08. The summed E-state index contributed by atoms with van der Waals surface area (Å²) >= 11 is 0. The molecular weight excluding hydrogens is 242 g/mol. The monoisotopic (exact) mass is 261 g/mol. The lowest BCUT2D eigenvalue weighted by Crippen LogP contribution is -2.15. The van der Waals surface area contributed by atoms with Crippen LogP contribution in [0, 0.1) is 0 Å². The van der Waals surface area contributed by atoms with Gasteiger partial charge < -0.3 is 21.1 Å². The highest BCUT2D eigenvalue weighted by molar-refractivity contribution is 5.94. The third-order valence-electron chi connectivity index (χ3n) is 2.74. The highest BCUT2D eigenvalue weighted by atomic mass is 16.5. The number of fused-ring (bicyclic) bond motifs is 1. The molecule has 6 nitrogen and oxygen atoms in total. The summed E-state index contributed by atoms with van der Waals surface area (Å²) in [5, 5.41) is 0.724.